The summed E-state index contributed by atoms with van der Waals surface area (Å²) in [5.41, 5.74) is 0. The van der Waals surface area contributed by atoms with Crippen molar-refractivity contribution in [2.24, 2.45) is 0 Å². The van der Waals surface area contributed by atoms with Gasteiger partial charge in [-0.05, 0) is 6.58 Å². The van der Waals surface area contributed by atoms with Gasteiger partial charge >= 0.3 is 11.9 Å². The molecule has 0 aromatic rings. The van der Waals surface area contributed by atoms with Crippen LogP contribution in [-0.4, -0.2) is 27.3 Å². The molecule has 0 heterocycles. The topological polar surface area (TPSA) is 94.8 Å². The van der Waals surface area contributed by atoms with Crippen LogP contribution >= 0.6 is 0 Å². The van der Waals surface area contributed by atoms with Crippen LogP contribution in [0.25, 0.3) is 0 Å². The maximum absolute atomic E-state index is 9.35. The van der Waals surface area contributed by atoms with E-state index in [1.54, 1.807) is 0 Å². The average Bonchev–Trinajstić information content (AvgIpc) is 1.89. The second kappa shape index (κ2) is 6.34. The number of hydrogen-bond donors (Lipinski definition) is 3. The standard InChI is InChI=1S/C3H4O3.C3H4O2/c1-2(4)3(5)6;1-2-3(4)5/h4H,1H2,(H,5,6);2H,1H2,(H,4,5). The van der Waals surface area contributed by atoms with Crippen LogP contribution in [0.15, 0.2) is 25.0 Å². The molecule has 0 fully saturated rings. The maximum Gasteiger partial charge on any atom is 0.370 e. The third kappa shape index (κ3) is 17.9. The van der Waals surface area contributed by atoms with E-state index in [1.165, 1.54) is 0 Å². The Morgan fingerprint density at radius 3 is 1.36 bits per heavy atom. The molecule has 0 atom stereocenters. The molecular weight excluding hydrogens is 152 g/mol. The Balaban J connectivity index is 0. The number of rotatable bonds is 2. The maximum atomic E-state index is 9.35. The lowest BCUT2D eigenvalue weighted by atomic mass is 10.6. The van der Waals surface area contributed by atoms with Gasteiger partial charge in [-0.15, -0.1) is 0 Å². The van der Waals surface area contributed by atoms with Crippen LogP contribution < -0.4 is 0 Å². The summed E-state index contributed by atoms with van der Waals surface area (Å²) < 4.78 is 0. The third-order valence-corrected chi connectivity index (χ3v) is 0.421. The van der Waals surface area contributed by atoms with Crippen molar-refractivity contribution in [1.82, 2.24) is 0 Å². The van der Waals surface area contributed by atoms with Crippen molar-refractivity contribution in [3.8, 4) is 0 Å². The first-order chi connectivity index (χ1) is 4.91. The number of carboxylic acid groups (broad SMARTS) is 2. The van der Waals surface area contributed by atoms with E-state index < -0.39 is 17.7 Å². The van der Waals surface area contributed by atoms with E-state index in [0.717, 1.165) is 6.08 Å². The summed E-state index contributed by atoms with van der Waals surface area (Å²) in [4.78, 5) is 18.6. The number of aliphatic hydroxyl groups excluding tert-OH is 1. The minimum absolute atomic E-state index is 0.824. The fourth-order valence-electron chi connectivity index (χ4n) is 0. The number of aliphatic hydroxyl groups is 1. The van der Waals surface area contributed by atoms with Crippen LogP contribution in [0.2, 0.25) is 0 Å². The van der Waals surface area contributed by atoms with Crippen LogP contribution in [0.4, 0.5) is 0 Å². The van der Waals surface area contributed by atoms with Crippen molar-refractivity contribution in [3.63, 3.8) is 0 Å². The van der Waals surface area contributed by atoms with Gasteiger partial charge in [-0.3, -0.25) is 0 Å². The van der Waals surface area contributed by atoms with Crippen molar-refractivity contribution < 1.29 is 24.9 Å². The molecule has 0 saturated carbocycles. The summed E-state index contributed by atoms with van der Waals surface area (Å²) in [6.07, 6.45) is 0.833. The Hall–Kier alpha value is -1.78. The van der Waals surface area contributed by atoms with Crippen LogP contribution in [0.5, 0.6) is 0 Å². The second-order valence-corrected chi connectivity index (χ2v) is 1.29. The zero-order valence-electron chi connectivity index (χ0n) is 5.65. The predicted octanol–water partition coefficient (Wildman–Crippen LogP) is 0.400. The van der Waals surface area contributed by atoms with Gasteiger partial charge in [0, 0.05) is 6.08 Å². The first-order valence-electron chi connectivity index (χ1n) is 2.38. The molecule has 5 heteroatoms. The number of carboxylic acids is 2. The lowest BCUT2D eigenvalue weighted by Gasteiger charge is -1.79. The highest BCUT2D eigenvalue weighted by atomic mass is 16.4. The van der Waals surface area contributed by atoms with Crippen LogP contribution in [0.3, 0.4) is 0 Å². The van der Waals surface area contributed by atoms with Gasteiger partial charge in [0.15, 0.2) is 5.76 Å². The van der Waals surface area contributed by atoms with Gasteiger partial charge in [0.05, 0.1) is 0 Å². The van der Waals surface area contributed by atoms with Gasteiger partial charge < -0.3 is 15.3 Å². The molecule has 0 spiro atoms. The molecule has 0 rings (SSSR count). The largest absolute Gasteiger partial charge is 0.502 e. The molecule has 0 radical (unpaired) electrons. The second-order valence-electron chi connectivity index (χ2n) is 1.29. The van der Waals surface area contributed by atoms with E-state index in [-0.39, 0.29) is 0 Å². The molecule has 0 aromatic carbocycles. The van der Waals surface area contributed by atoms with Gasteiger partial charge in [0.1, 0.15) is 0 Å². The number of carbonyl (C=O) groups is 2. The van der Waals surface area contributed by atoms with E-state index in [9.17, 15) is 9.59 Å². The zero-order chi connectivity index (χ0) is 9.44. The molecule has 11 heavy (non-hydrogen) atoms. The van der Waals surface area contributed by atoms with Crippen molar-refractivity contribution >= 4 is 11.9 Å². The van der Waals surface area contributed by atoms with Crippen LogP contribution in [0, 0.1) is 0 Å². The lowest BCUT2D eigenvalue weighted by molar-refractivity contribution is -0.135. The van der Waals surface area contributed by atoms with E-state index in [0.29, 0.717) is 0 Å². The molecule has 0 unspecified atom stereocenters. The normalized spacial score (nSPS) is 6.91. The predicted molar refractivity (Wildman–Crippen MR) is 37.2 cm³/mol. The first-order valence-corrected chi connectivity index (χ1v) is 2.38. The SMILES string of the molecule is C=C(O)C(=O)O.C=CC(=O)O. The summed E-state index contributed by atoms with van der Waals surface area (Å²) >= 11 is 0. The summed E-state index contributed by atoms with van der Waals surface area (Å²) in [7, 11) is 0. The fraction of sp³-hybridized carbons (Fsp3) is 0. The Labute approximate surface area is 62.9 Å². The van der Waals surface area contributed by atoms with E-state index in [4.69, 9.17) is 15.3 Å². The average molecular weight is 160 g/mol. The minimum Gasteiger partial charge on any atom is -0.502 e. The number of aliphatic carboxylic acids is 2. The molecular formula is C6H8O5. The van der Waals surface area contributed by atoms with E-state index >= 15 is 0 Å². The molecule has 0 aliphatic carbocycles. The van der Waals surface area contributed by atoms with Crippen molar-refractivity contribution in [1.29, 1.82) is 0 Å². The van der Waals surface area contributed by atoms with E-state index in [2.05, 4.69) is 13.2 Å². The third-order valence-electron chi connectivity index (χ3n) is 0.421. The smallest absolute Gasteiger partial charge is 0.370 e. The van der Waals surface area contributed by atoms with Crippen molar-refractivity contribution in [2.45, 2.75) is 0 Å². The highest BCUT2D eigenvalue weighted by molar-refractivity contribution is 5.82. The quantitative estimate of drug-likeness (QED) is 0.401. The summed E-state index contributed by atoms with van der Waals surface area (Å²) in [6.45, 7) is 5.67. The van der Waals surface area contributed by atoms with E-state index in [1.807, 2.05) is 0 Å². The minimum atomic E-state index is -1.38. The van der Waals surface area contributed by atoms with Gasteiger partial charge in [-0.1, -0.05) is 6.58 Å². The van der Waals surface area contributed by atoms with Crippen LogP contribution in [0.1, 0.15) is 0 Å². The highest BCUT2D eigenvalue weighted by Crippen LogP contribution is 1.75. The van der Waals surface area contributed by atoms with Crippen LogP contribution in [-0.2, 0) is 9.59 Å². The van der Waals surface area contributed by atoms with Gasteiger partial charge in [-0.2, -0.15) is 0 Å². The monoisotopic (exact) mass is 160 g/mol. The molecule has 3 N–H and O–H groups in total. The molecule has 0 saturated heterocycles. The Morgan fingerprint density at radius 2 is 1.36 bits per heavy atom. The van der Waals surface area contributed by atoms with Crippen molar-refractivity contribution in [2.75, 3.05) is 0 Å². The Kier molecular flexibility index (Phi) is 6.89. The summed E-state index contributed by atoms with van der Waals surface area (Å²) in [5, 5.41) is 23.1. The Bertz CT molecular complexity index is 169. The molecule has 0 aliphatic rings. The lowest BCUT2D eigenvalue weighted by Crippen LogP contribution is -1.95. The summed E-state index contributed by atoms with van der Waals surface area (Å²) in [6, 6.07) is 0. The van der Waals surface area contributed by atoms with Gasteiger partial charge in [0.2, 0.25) is 0 Å². The molecule has 0 aliphatic heterocycles. The molecule has 0 aromatic heterocycles. The molecule has 0 amide bonds. The fourth-order valence-corrected chi connectivity index (χ4v) is 0. The molecule has 5 nitrogen and oxygen atoms in total. The molecule has 62 valence electrons. The van der Waals surface area contributed by atoms with Gasteiger partial charge in [0.25, 0.3) is 0 Å². The molecule has 0 bridgehead atoms. The zero-order valence-corrected chi connectivity index (χ0v) is 5.65. The Morgan fingerprint density at radius 1 is 1.18 bits per heavy atom. The summed E-state index contributed by atoms with van der Waals surface area (Å²) in [5.74, 6) is -3.19. The van der Waals surface area contributed by atoms with Gasteiger partial charge in [-0.25, -0.2) is 9.59 Å². The number of hydrogen-bond acceptors (Lipinski definition) is 3. The first kappa shape index (κ1) is 12.0. The van der Waals surface area contributed by atoms with Crippen molar-refractivity contribution in [3.05, 3.63) is 25.0 Å². The highest BCUT2D eigenvalue weighted by Gasteiger charge is 1.94.